The molecule has 132 valence electrons. The third-order valence-corrected chi connectivity index (χ3v) is 9.08. The maximum atomic E-state index is 12.6. The number of allylic oxidation sites excluding steroid dienone is 1. The molecule has 4 fully saturated rings. The third-order valence-electron chi connectivity index (χ3n) is 9.08. The van der Waals surface area contributed by atoms with Crippen LogP contribution in [0.1, 0.15) is 72.6 Å². The van der Waals surface area contributed by atoms with Crippen LogP contribution in [0.2, 0.25) is 0 Å². The van der Waals surface area contributed by atoms with Gasteiger partial charge in [-0.2, -0.15) is 0 Å². The van der Waals surface area contributed by atoms with Crippen molar-refractivity contribution in [1.82, 2.24) is 0 Å². The molecule has 0 saturated heterocycles. The molecule has 4 saturated carbocycles. The minimum Gasteiger partial charge on any atom is -0.300 e. The van der Waals surface area contributed by atoms with Crippen molar-refractivity contribution < 1.29 is 9.59 Å². The molecule has 6 atom stereocenters. The molecule has 4 aliphatic carbocycles. The Labute approximate surface area is 146 Å². The van der Waals surface area contributed by atoms with E-state index in [1.54, 1.807) is 0 Å². The first-order valence-electron chi connectivity index (χ1n) is 9.86. The van der Waals surface area contributed by atoms with Gasteiger partial charge in [-0.3, -0.25) is 9.59 Å². The smallest absolute Gasteiger partial charge is 0.139 e. The minimum atomic E-state index is -0.105. The summed E-state index contributed by atoms with van der Waals surface area (Å²) in [5.74, 6) is 2.95. The average Bonchev–Trinajstić information content (AvgIpc) is 2.82. The lowest BCUT2D eigenvalue weighted by molar-refractivity contribution is -0.151. The number of ketones is 2. The first kappa shape index (κ1) is 16.5. The van der Waals surface area contributed by atoms with E-state index in [2.05, 4.69) is 34.3 Å². The van der Waals surface area contributed by atoms with Gasteiger partial charge in [-0.05, 0) is 60.2 Å². The summed E-state index contributed by atoms with van der Waals surface area (Å²) in [5.41, 5.74) is 1.43. The monoisotopic (exact) mass is 328 g/mol. The Bertz CT molecular complexity index is 630. The summed E-state index contributed by atoms with van der Waals surface area (Å²) in [6, 6.07) is 0. The number of carbonyl (C=O) groups excluding carboxylic acids is 2. The Balaban J connectivity index is 1.81. The molecule has 24 heavy (non-hydrogen) atoms. The number of carbonyl (C=O) groups is 2. The van der Waals surface area contributed by atoms with Crippen molar-refractivity contribution in [3.63, 3.8) is 0 Å². The highest BCUT2D eigenvalue weighted by molar-refractivity contribution is 5.87. The maximum absolute atomic E-state index is 12.6. The molecule has 0 amide bonds. The fourth-order valence-electron chi connectivity index (χ4n) is 7.43. The molecular weight excluding hydrogens is 296 g/mol. The zero-order valence-corrected chi connectivity index (χ0v) is 15.8. The lowest BCUT2D eigenvalue weighted by Gasteiger charge is -2.65. The fraction of sp³-hybridized carbons (Fsp3) is 0.818. The molecule has 1 unspecified atom stereocenters. The largest absolute Gasteiger partial charge is 0.300 e. The summed E-state index contributed by atoms with van der Waals surface area (Å²) in [7, 11) is 0. The molecule has 0 radical (unpaired) electrons. The normalized spacial score (nSPS) is 50.2. The summed E-state index contributed by atoms with van der Waals surface area (Å²) < 4.78 is 0. The van der Waals surface area contributed by atoms with Crippen molar-refractivity contribution in [2.45, 2.75) is 72.6 Å². The van der Waals surface area contributed by atoms with Gasteiger partial charge in [0.05, 0.1) is 0 Å². The predicted octanol–water partition coefficient (Wildman–Crippen LogP) is 4.97. The van der Waals surface area contributed by atoms with E-state index >= 15 is 0 Å². The number of hydrogen-bond donors (Lipinski definition) is 0. The Kier molecular flexibility index (Phi) is 3.33. The van der Waals surface area contributed by atoms with Crippen molar-refractivity contribution in [2.24, 2.45) is 39.9 Å². The van der Waals surface area contributed by atoms with E-state index in [9.17, 15) is 9.59 Å². The predicted molar refractivity (Wildman–Crippen MR) is 95.4 cm³/mol. The highest BCUT2D eigenvalue weighted by Gasteiger charge is 2.65. The van der Waals surface area contributed by atoms with Crippen molar-refractivity contribution in [2.75, 3.05) is 0 Å². The van der Waals surface area contributed by atoms with E-state index in [0.29, 0.717) is 41.7 Å². The summed E-state index contributed by atoms with van der Waals surface area (Å²) in [4.78, 5) is 24.8. The van der Waals surface area contributed by atoms with Gasteiger partial charge in [-0.25, -0.2) is 0 Å². The zero-order chi connectivity index (χ0) is 17.5. The molecule has 2 nitrogen and oxygen atoms in total. The van der Waals surface area contributed by atoms with Gasteiger partial charge in [-0.15, -0.1) is 0 Å². The SMILES string of the molecule is C=C1C2CC(=O)CC[C@]2(C)[C@@H]2CC[C@]3(C)C(=O)CC[C@H]3[C@@H]2C1(C)C. The summed E-state index contributed by atoms with van der Waals surface area (Å²) >= 11 is 0. The van der Waals surface area contributed by atoms with Crippen LogP contribution in [-0.2, 0) is 9.59 Å². The van der Waals surface area contributed by atoms with E-state index in [-0.39, 0.29) is 16.2 Å². The van der Waals surface area contributed by atoms with Gasteiger partial charge in [0.2, 0.25) is 0 Å². The molecule has 0 aromatic heterocycles. The molecule has 4 aliphatic rings. The fourth-order valence-corrected chi connectivity index (χ4v) is 7.43. The topological polar surface area (TPSA) is 34.1 Å². The van der Waals surface area contributed by atoms with E-state index < -0.39 is 0 Å². The molecule has 0 aromatic rings. The highest BCUT2D eigenvalue weighted by Crippen LogP contribution is 2.70. The lowest BCUT2D eigenvalue weighted by Crippen LogP contribution is -2.60. The Morgan fingerprint density at radius 2 is 1.67 bits per heavy atom. The quantitative estimate of drug-likeness (QED) is 0.588. The molecule has 0 heterocycles. The average molecular weight is 328 g/mol. The van der Waals surface area contributed by atoms with Gasteiger partial charge in [0, 0.05) is 24.7 Å². The molecular formula is C22H32O2. The van der Waals surface area contributed by atoms with E-state index in [4.69, 9.17) is 0 Å². The second-order valence-corrected chi connectivity index (χ2v) is 10.2. The Hall–Kier alpha value is -0.920. The molecule has 0 aliphatic heterocycles. The minimum absolute atomic E-state index is 0.0312. The van der Waals surface area contributed by atoms with Crippen LogP contribution in [0, 0.1) is 39.9 Å². The molecule has 4 rings (SSSR count). The van der Waals surface area contributed by atoms with Gasteiger partial charge >= 0.3 is 0 Å². The first-order chi connectivity index (χ1) is 11.1. The van der Waals surface area contributed by atoms with Crippen LogP contribution in [-0.4, -0.2) is 11.6 Å². The maximum Gasteiger partial charge on any atom is 0.139 e. The summed E-state index contributed by atoms with van der Waals surface area (Å²) in [5, 5.41) is 0. The third kappa shape index (κ3) is 1.83. The molecule has 0 bridgehead atoms. The van der Waals surface area contributed by atoms with E-state index in [1.165, 1.54) is 5.57 Å². The van der Waals surface area contributed by atoms with Gasteiger partial charge in [-0.1, -0.05) is 39.8 Å². The standard InChI is InChI=1S/C22H32O2/c1-13-17-12-14(23)8-10-21(17,4)16-9-11-22(5)15(6-7-18(22)24)19(16)20(13,2)3/h15-17,19H,1,6-12H2,2-5H3/t15-,16+,17?,19-,21+,22-/m0/s1. The molecule has 0 aromatic carbocycles. The number of hydrogen-bond acceptors (Lipinski definition) is 2. The van der Waals surface area contributed by atoms with Crippen molar-refractivity contribution in [3.8, 4) is 0 Å². The second-order valence-electron chi connectivity index (χ2n) is 10.2. The van der Waals surface area contributed by atoms with Crippen LogP contribution in [0.25, 0.3) is 0 Å². The van der Waals surface area contributed by atoms with Crippen molar-refractivity contribution >= 4 is 11.6 Å². The van der Waals surface area contributed by atoms with Crippen LogP contribution in [0.3, 0.4) is 0 Å². The second kappa shape index (κ2) is 4.83. The summed E-state index contributed by atoms with van der Waals surface area (Å²) in [6.45, 7) is 13.9. The van der Waals surface area contributed by atoms with Gasteiger partial charge < -0.3 is 0 Å². The zero-order valence-electron chi connectivity index (χ0n) is 15.8. The molecule has 0 N–H and O–H groups in total. The molecule has 2 heteroatoms. The van der Waals surface area contributed by atoms with Gasteiger partial charge in [0.1, 0.15) is 11.6 Å². The Morgan fingerprint density at radius 3 is 2.38 bits per heavy atom. The highest BCUT2D eigenvalue weighted by atomic mass is 16.1. The van der Waals surface area contributed by atoms with Crippen LogP contribution >= 0.6 is 0 Å². The van der Waals surface area contributed by atoms with Crippen molar-refractivity contribution in [3.05, 3.63) is 12.2 Å². The Morgan fingerprint density at radius 1 is 0.958 bits per heavy atom. The number of rotatable bonds is 0. The summed E-state index contributed by atoms with van der Waals surface area (Å²) in [6.07, 6.45) is 6.49. The molecule has 0 spiro atoms. The van der Waals surface area contributed by atoms with Crippen molar-refractivity contribution in [1.29, 1.82) is 0 Å². The first-order valence-corrected chi connectivity index (χ1v) is 9.86. The van der Waals surface area contributed by atoms with Crippen LogP contribution in [0.4, 0.5) is 0 Å². The van der Waals surface area contributed by atoms with E-state index in [1.807, 2.05) is 0 Å². The number of Topliss-reactive ketones (excluding diaryl/α,β-unsaturated/α-hetero) is 2. The van der Waals surface area contributed by atoms with E-state index in [0.717, 1.165) is 38.5 Å². The van der Waals surface area contributed by atoms with Crippen LogP contribution in [0.5, 0.6) is 0 Å². The van der Waals surface area contributed by atoms with Crippen LogP contribution in [0.15, 0.2) is 12.2 Å². The lowest BCUT2D eigenvalue weighted by atomic mass is 9.39. The van der Waals surface area contributed by atoms with Crippen LogP contribution < -0.4 is 0 Å². The number of fused-ring (bicyclic) bond motifs is 5. The van der Waals surface area contributed by atoms with Gasteiger partial charge in [0.15, 0.2) is 0 Å². The van der Waals surface area contributed by atoms with Gasteiger partial charge in [0.25, 0.3) is 0 Å².